The Bertz CT molecular complexity index is 1290. The average Bonchev–Trinajstić information content (AvgIpc) is 3.46. The lowest BCUT2D eigenvalue weighted by Gasteiger charge is -2.41. The molecule has 1 atom stereocenters. The number of amides is 1. The van der Waals surface area contributed by atoms with Crippen LogP contribution in [0.15, 0.2) is 36.9 Å². The van der Waals surface area contributed by atoms with Crippen LogP contribution in [-0.4, -0.2) is 90.7 Å². The van der Waals surface area contributed by atoms with Gasteiger partial charge in [-0.25, -0.2) is 6.57 Å². The molecule has 10 heteroatoms. The number of piperazine rings is 1. The van der Waals surface area contributed by atoms with Crippen LogP contribution in [-0.2, 0) is 17.8 Å². The van der Waals surface area contributed by atoms with Crippen molar-refractivity contribution in [1.29, 1.82) is 0 Å². The fourth-order valence-electron chi connectivity index (χ4n) is 6.30. The number of carbonyl (C=O) groups excluding carboxylic acids is 1. The third-order valence-corrected chi connectivity index (χ3v) is 9.03. The zero-order chi connectivity index (χ0) is 28.3. The minimum atomic E-state index is -0.231. The standard InChI is InChI=1S/C30H38ClN7O2/c1-5-27(39)38-17-16-37(19-22(38)18-32-2)28-23-12-15-36(26-11-7-6-10-24(26)31)20-25(23)33-29(34-28)40-21-30(35(3)4)13-8-9-14-30/h5-7,10-11,22H,1,8-9,12-21H2,3-4H3/t22-/m0/s1. The van der Waals surface area contributed by atoms with E-state index in [9.17, 15) is 4.79 Å². The fourth-order valence-corrected chi connectivity index (χ4v) is 6.55. The number of fused-ring (bicyclic) bond motifs is 1. The van der Waals surface area contributed by atoms with Gasteiger partial charge in [-0.2, -0.15) is 9.97 Å². The number of hydrogen-bond acceptors (Lipinski definition) is 7. The Morgan fingerprint density at radius 1 is 1.23 bits per heavy atom. The Hall–Kier alpha value is -3.35. The van der Waals surface area contributed by atoms with Crippen molar-refractivity contribution in [3.8, 4) is 6.01 Å². The number of carbonyl (C=O) groups is 1. The molecule has 0 N–H and O–H groups in total. The smallest absolute Gasteiger partial charge is 0.318 e. The summed E-state index contributed by atoms with van der Waals surface area (Å²) in [5, 5.41) is 0.718. The summed E-state index contributed by atoms with van der Waals surface area (Å²) in [5.74, 6) is 0.716. The molecule has 212 valence electrons. The van der Waals surface area contributed by atoms with E-state index in [0.29, 0.717) is 38.8 Å². The van der Waals surface area contributed by atoms with Gasteiger partial charge >= 0.3 is 6.01 Å². The van der Waals surface area contributed by atoms with Gasteiger partial charge in [0.15, 0.2) is 0 Å². The predicted molar refractivity (Wildman–Crippen MR) is 158 cm³/mol. The third kappa shape index (κ3) is 5.61. The van der Waals surface area contributed by atoms with E-state index < -0.39 is 0 Å². The molecule has 1 aromatic carbocycles. The zero-order valence-corrected chi connectivity index (χ0v) is 24.2. The number of likely N-dealkylation sites (N-methyl/N-ethyl adjacent to an activating group) is 1. The lowest BCUT2D eigenvalue weighted by molar-refractivity contribution is -0.128. The van der Waals surface area contributed by atoms with Crippen LogP contribution in [0.25, 0.3) is 4.85 Å². The van der Waals surface area contributed by atoms with Crippen molar-refractivity contribution in [1.82, 2.24) is 19.8 Å². The van der Waals surface area contributed by atoms with Crippen LogP contribution in [0.3, 0.4) is 0 Å². The Balaban J connectivity index is 1.47. The van der Waals surface area contributed by atoms with Crippen molar-refractivity contribution in [2.75, 3.05) is 63.2 Å². The fraction of sp³-hybridized carbons (Fsp3) is 0.533. The highest BCUT2D eigenvalue weighted by molar-refractivity contribution is 6.33. The molecule has 0 unspecified atom stereocenters. The van der Waals surface area contributed by atoms with E-state index in [2.05, 4.69) is 40.2 Å². The molecule has 2 fully saturated rings. The van der Waals surface area contributed by atoms with Crippen LogP contribution < -0.4 is 14.5 Å². The summed E-state index contributed by atoms with van der Waals surface area (Å²) in [7, 11) is 4.24. The van der Waals surface area contributed by atoms with Crippen LogP contribution in [0.1, 0.15) is 36.9 Å². The molecule has 1 saturated carbocycles. The van der Waals surface area contributed by atoms with Gasteiger partial charge in [0.25, 0.3) is 0 Å². The molecule has 1 saturated heterocycles. The molecule has 9 nitrogen and oxygen atoms in total. The van der Waals surface area contributed by atoms with E-state index in [-0.39, 0.29) is 24.0 Å². The molecule has 0 radical (unpaired) electrons. The van der Waals surface area contributed by atoms with Crippen molar-refractivity contribution in [2.45, 2.75) is 50.2 Å². The van der Waals surface area contributed by atoms with E-state index in [4.69, 9.17) is 32.9 Å². The third-order valence-electron chi connectivity index (χ3n) is 8.71. The van der Waals surface area contributed by atoms with Crippen LogP contribution in [0, 0.1) is 6.57 Å². The monoisotopic (exact) mass is 563 g/mol. The van der Waals surface area contributed by atoms with E-state index in [1.54, 1.807) is 4.90 Å². The molecule has 1 aromatic heterocycles. The van der Waals surface area contributed by atoms with E-state index in [0.717, 1.165) is 53.6 Å². The zero-order valence-electron chi connectivity index (χ0n) is 23.5. The quantitative estimate of drug-likeness (QED) is 0.354. The molecule has 0 bridgehead atoms. The summed E-state index contributed by atoms with van der Waals surface area (Å²) in [6.45, 7) is 14.9. The summed E-state index contributed by atoms with van der Waals surface area (Å²) in [5.41, 5.74) is 3.01. The average molecular weight is 564 g/mol. The van der Waals surface area contributed by atoms with E-state index in [1.165, 1.54) is 18.9 Å². The molecular formula is C30H38ClN7O2. The summed E-state index contributed by atoms with van der Waals surface area (Å²) >= 11 is 6.56. The number of hydrogen-bond donors (Lipinski definition) is 0. The number of halogens is 1. The van der Waals surface area contributed by atoms with E-state index in [1.807, 2.05) is 24.3 Å². The summed E-state index contributed by atoms with van der Waals surface area (Å²) in [4.78, 5) is 34.6. The number of anilines is 2. The number of rotatable bonds is 8. The molecule has 2 aromatic rings. The molecular weight excluding hydrogens is 526 g/mol. The molecule has 0 spiro atoms. The Morgan fingerprint density at radius 3 is 2.70 bits per heavy atom. The van der Waals surface area contributed by atoms with Crippen molar-refractivity contribution in [2.24, 2.45) is 0 Å². The maximum absolute atomic E-state index is 12.5. The molecule has 3 aliphatic rings. The minimum Gasteiger partial charge on any atom is -0.461 e. The lowest BCUT2D eigenvalue weighted by Crippen LogP contribution is -2.56. The van der Waals surface area contributed by atoms with Gasteiger partial charge in [-0.05, 0) is 51.6 Å². The lowest BCUT2D eigenvalue weighted by atomic mass is 9.97. The first kappa shape index (κ1) is 28.2. The Kier molecular flexibility index (Phi) is 8.48. The summed E-state index contributed by atoms with van der Waals surface area (Å²) in [6, 6.07) is 8.05. The second-order valence-electron chi connectivity index (χ2n) is 11.2. The van der Waals surface area contributed by atoms with Crippen molar-refractivity contribution < 1.29 is 9.53 Å². The molecule has 3 heterocycles. The largest absolute Gasteiger partial charge is 0.461 e. The van der Waals surface area contributed by atoms with Gasteiger partial charge in [0.1, 0.15) is 18.5 Å². The van der Waals surface area contributed by atoms with Gasteiger partial charge in [-0.15, -0.1) is 0 Å². The first-order valence-corrected chi connectivity index (χ1v) is 14.4. The minimum absolute atomic E-state index is 0.0135. The Morgan fingerprint density at radius 2 is 2.00 bits per heavy atom. The highest BCUT2D eigenvalue weighted by atomic mass is 35.5. The second-order valence-corrected chi connectivity index (χ2v) is 11.6. The van der Waals surface area contributed by atoms with Crippen LogP contribution in [0.5, 0.6) is 6.01 Å². The molecule has 40 heavy (non-hydrogen) atoms. The maximum Gasteiger partial charge on any atom is 0.318 e. The van der Waals surface area contributed by atoms with Gasteiger partial charge in [0.05, 0.1) is 28.5 Å². The maximum atomic E-state index is 12.5. The number of para-hydroxylation sites is 1. The van der Waals surface area contributed by atoms with Crippen LogP contribution in [0.2, 0.25) is 5.02 Å². The van der Waals surface area contributed by atoms with Gasteiger partial charge in [-0.1, -0.05) is 43.2 Å². The van der Waals surface area contributed by atoms with Gasteiger partial charge < -0.3 is 29.2 Å². The highest BCUT2D eigenvalue weighted by Crippen LogP contribution is 2.36. The molecule has 2 aliphatic heterocycles. The number of aromatic nitrogens is 2. The first-order valence-electron chi connectivity index (χ1n) is 14.1. The molecule has 5 rings (SSSR count). The van der Waals surface area contributed by atoms with Gasteiger partial charge in [0, 0.05) is 31.7 Å². The highest BCUT2D eigenvalue weighted by Gasteiger charge is 2.38. The van der Waals surface area contributed by atoms with Crippen LogP contribution in [0.4, 0.5) is 11.5 Å². The van der Waals surface area contributed by atoms with Crippen molar-refractivity contribution >= 4 is 29.0 Å². The topological polar surface area (TPSA) is 69.4 Å². The van der Waals surface area contributed by atoms with Crippen molar-refractivity contribution in [3.05, 3.63) is 64.6 Å². The van der Waals surface area contributed by atoms with E-state index >= 15 is 0 Å². The number of nitrogens with zero attached hydrogens (tertiary/aromatic N) is 7. The first-order chi connectivity index (χ1) is 19.3. The summed E-state index contributed by atoms with van der Waals surface area (Å²) < 4.78 is 6.41. The van der Waals surface area contributed by atoms with Gasteiger partial charge in [0.2, 0.25) is 12.5 Å². The second kappa shape index (κ2) is 12.0. The number of benzene rings is 1. The predicted octanol–water partition coefficient (Wildman–Crippen LogP) is 4.07. The molecule has 1 aliphatic carbocycles. The van der Waals surface area contributed by atoms with Gasteiger partial charge in [-0.3, -0.25) is 4.79 Å². The SMILES string of the molecule is [C-]#[N+]C[C@H]1CN(c2nc(OCC3(N(C)C)CCCC3)nc3c2CCN(c2ccccc2Cl)C3)CCN1C(=O)C=C. The Labute approximate surface area is 242 Å². The number of ether oxygens (including phenoxy) is 1. The van der Waals surface area contributed by atoms with Crippen molar-refractivity contribution in [3.63, 3.8) is 0 Å². The normalized spacial score (nSPS) is 20.3. The molecule has 1 amide bonds. The van der Waals surface area contributed by atoms with Crippen LogP contribution >= 0.6 is 11.6 Å². The summed E-state index contributed by atoms with van der Waals surface area (Å²) in [6.07, 6.45) is 6.67.